The first-order valence-corrected chi connectivity index (χ1v) is 4.38. The summed E-state index contributed by atoms with van der Waals surface area (Å²) in [5.74, 6) is 0. The number of nitrogens with one attached hydrogen (secondary N) is 1. The number of aromatic amines is 1. The number of para-hydroxylation sites is 1. The highest BCUT2D eigenvalue weighted by atomic mass is 16.3. The predicted octanol–water partition coefficient (Wildman–Crippen LogP) is -0.146. The molecule has 5 nitrogen and oxygen atoms in total. The molecule has 0 fully saturated rings. The van der Waals surface area contributed by atoms with Crippen LogP contribution in [0.2, 0.25) is 0 Å². The van der Waals surface area contributed by atoms with E-state index in [1.165, 1.54) is 0 Å². The Morgan fingerprint density at radius 1 is 1.36 bits per heavy atom. The Labute approximate surface area is 80.4 Å². The molecule has 0 amide bonds. The number of benzene rings is 1. The number of hydrogen-bond donors (Lipinski definition) is 3. The molecule has 2 aromatic rings. The highest BCUT2D eigenvalue weighted by molar-refractivity contribution is 5.77. The van der Waals surface area contributed by atoms with Crippen LogP contribution in [0.15, 0.2) is 18.2 Å². The van der Waals surface area contributed by atoms with Crippen molar-refractivity contribution in [2.45, 2.75) is 12.5 Å². The summed E-state index contributed by atoms with van der Waals surface area (Å²) in [6, 6.07) is 5.56. The van der Waals surface area contributed by atoms with Crippen LogP contribution in [0.4, 0.5) is 0 Å². The summed E-state index contributed by atoms with van der Waals surface area (Å²) >= 11 is 0. The number of rotatable bonds is 3. The Balaban J connectivity index is 2.36. The molecule has 1 unspecified atom stereocenters. The molecule has 3 N–H and O–H groups in total. The van der Waals surface area contributed by atoms with E-state index >= 15 is 0 Å². The summed E-state index contributed by atoms with van der Waals surface area (Å²) in [5, 5.41) is 28.5. The Hall–Kier alpha value is -1.46. The quantitative estimate of drug-likeness (QED) is 0.633. The van der Waals surface area contributed by atoms with Crippen LogP contribution < -0.4 is 0 Å². The van der Waals surface area contributed by atoms with Gasteiger partial charge in [-0.05, 0) is 11.6 Å². The fourth-order valence-corrected chi connectivity index (χ4v) is 1.41. The molecule has 1 heterocycles. The molecule has 0 radical (unpaired) electrons. The molecule has 1 atom stereocenters. The van der Waals surface area contributed by atoms with Gasteiger partial charge in [0, 0.05) is 6.42 Å². The molecular formula is C9H11N3O2. The van der Waals surface area contributed by atoms with E-state index in [9.17, 15) is 5.11 Å². The summed E-state index contributed by atoms with van der Waals surface area (Å²) in [6.45, 7) is -0.242. The maximum atomic E-state index is 9.30. The molecule has 74 valence electrons. The van der Waals surface area contributed by atoms with Gasteiger partial charge in [-0.25, -0.2) is 0 Å². The fraction of sp³-hybridized carbons (Fsp3) is 0.333. The number of aliphatic hydroxyl groups excluding tert-OH is 2. The molecule has 2 rings (SSSR count). The first-order valence-electron chi connectivity index (χ1n) is 4.38. The van der Waals surface area contributed by atoms with E-state index in [2.05, 4.69) is 15.4 Å². The molecule has 0 saturated carbocycles. The average molecular weight is 193 g/mol. The third kappa shape index (κ3) is 1.59. The summed E-state index contributed by atoms with van der Waals surface area (Å²) in [7, 11) is 0. The summed E-state index contributed by atoms with van der Waals surface area (Å²) in [4.78, 5) is 0. The Kier molecular flexibility index (Phi) is 2.43. The van der Waals surface area contributed by atoms with Crippen molar-refractivity contribution in [3.63, 3.8) is 0 Å². The third-order valence-electron chi connectivity index (χ3n) is 2.10. The standard InChI is InChI=1S/C9H11N3O2/c13-5-7(14)4-6-2-1-3-8-9(6)11-12-10-8/h1-3,7,13-14H,4-5H2,(H,10,11,12). The van der Waals surface area contributed by atoms with Crippen LogP contribution in [-0.2, 0) is 6.42 Å². The van der Waals surface area contributed by atoms with E-state index < -0.39 is 6.10 Å². The largest absolute Gasteiger partial charge is 0.394 e. The van der Waals surface area contributed by atoms with Crippen molar-refractivity contribution in [3.8, 4) is 0 Å². The molecule has 0 aliphatic rings. The normalized spacial score (nSPS) is 13.3. The SMILES string of the molecule is OCC(O)Cc1cccc2n[nH]nc12. The monoisotopic (exact) mass is 193 g/mol. The van der Waals surface area contributed by atoms with Crippen molar-refractivity contribution in [2.75, 3.05) is 6.61 Å². The molecule has 0 bridgehead atoms. The van der Waals surface area contributed by atoms with Crippen LogP contribution in [0, 0.1) is 0 Å². The summed E-state index contributed by atoms with van der Waals surface area (Å²) in [6.07, 6.45) is -0.349. The van der Waals surface area contributed by atoms with Crippen LogP contribution in [0.5, 0.6) is 0 Å². The van der Waals surface area contributed by atoms with Crippen LogP contribution in [0.3, 0.4) is 0 Å². The molecule has 1 aromatic heterocycles. The van der Waals surface area contributed by atoms with Gasteiger partial charge in [0.15, 0.2) is 0 Å². The average Bonchev–Trinajstić information content (AvgIpc) is 2.66. The van der Waals surface area contributed by atoms with E-state index in [1.54, 1.807) is 0 Å². The lowest BCUT2D eigenvalue weighted by molar-refractivity contribution is 0.0957. The minimum Gasteiger partial charge on any atom is -0.394 e. The highest BCUT2D eigenvalue weighted by Crippen LogP contribution is 2.14. The van der Waals surface area contributed by atoms with E-state index in [0.29, 0.717) is 6.42 Å². The van der Waals surface area contributed by atoms with Crippen LogP contribution in [0.25, 0.3) is 11.0 Å². The molecule has 0 aliphatic carbocycles. The van der Waals surface area contributed by atoms with Gasteiger partial charge in [-0.15, -0.1) is 0 Å². The predicted molar refractivity (Wildman–Crippen MR) is 50.7 cm³/mol. The Bertz CT molecular complexity index is 427. The smallest absolute Gasteiger partial charge is 0.116 e. The molecule has 0 spiro atoms. The zero-order valence-corrected chi connectivity index (χ0v) is 7.51. The van der Waals surface area contributed by atoms with Crippen molar-refractivity contribution < 1.29 is 10.2 Å². The van der Waals surface area contributed by atoms with Gasteiger partial charge in [0.25, 0.3) is 0 Å². The second-order valence-electron chi connectivity index (χ2n) is 3.15. The van der Waals surface area contributed by atoms with Crippen LogP contribution >= 0.6 is 0 Å². The van der Waals surface area contributed by atoms with Gasteiger partial charge in [-0.3, -0.25) is 0 Å². The van der Waals surface area contributed by atoms with Crippen molar-refractivity contribution in [1.82, 2.24) is 15.4 Å². The van der Waals surface area contributed by atoms with Crippen molar-refractivity contribution in [3.05, 3.63) is 23.8 Å². The highest BCUT2D eigenvalue weighted by Gasteiger charge is 2.08. The minimum absolute atomic E-state index is 0.242. The van der Waals surface area contributed by atoms with E-state index in [-0.39, 0.29) is 6.61 Å². The van der Waals surface area contributed by atoms with E-state index in [4.69, 9.17) is 5.11 Å². The number of aliphatic hydroxyl groups is 2. The lowest BCUT2D eigenvalue weighted by Gasteiger charge is -2.06. The Morgan fingerprint density at radius 2 is 2.21 bits per heavy atom. The molecule has 1 aromatic carbocycles. The van der Waals surface area contributed by atoms with Crippen molar-refractivity contribution >= 4 is 11.0 Å². The second-order valence-corrected chi connectivity index (χ2v) is 3.15. The summed E-state index contributed by atoms with van der Waals surface area (Å²) < 4.78 is 0. The van der Waals surface area contributed by atoms with Gasteiger partial charge in [0.1, 0.15) is 11.0 Å². The second kappa shape index (κ2) is 3.73. The lowest BCUT2D eigenvalue weighted by Crippen LogP contribution is -2.15. The summed E-state index contributed by atoms with van der Waals surface area (Å²) in [5.41, 5.74) is 2.41. The topological polar surface area (TPSA) is 82.0 Å². The number of nitrogens with zero attached hydrogens (tertiary/aromatic N) is 2. The zero-order valence-electron chi connectivity index (χ0n) is 7.51. The van der Waals surface area contributed by atoms with Crippen LogP contribution in [-0.4, -0.2) is 38.3 Å². The lowest BCUT2D eigenvalue weighted by atomic mass is 10.1. The third-order valence-corrected chi connectivity index (χ3v) is 2.10. The number of hydrogen-bond acceptors (Lipinski definition) is 4. The maximum Gasteiger partial charge on any atom is 0.116 e. The van der Waals surface area contributed by atoms with E-state index in [0.717, 1.165) is 16.6 Å². The van der Waals surface area contributed by atoms with Gasteiger partial charge in [-0.1, -0.05) is 12.1 Å². The Morgan fingerprint density at radius 3 is 3.00 bits per heavy atom. The number of fused-ring (bicyclic) bond motifs is 1. The first-order chi connectivity index (χ1) is 6.81. The zero-order chi connectivity index (χ0) is 9.97. The van der Waals surface area contributed by atoms with Crippen LogP contribution in [0.1, 0.15) is 5.56 Å². The van der Waals surface area contributed by atoms with Gasteiger partial charge >= 0.3 is 0 Å². The minimum atomic E-state index is -0.739. The molecule has 14 heavy (non-hydrogen) atoms. The molecule has 0 aliphatic heterocycles. The fourth-order valence-electron chi connectivity index (χ4n) is 1.41. The number of aromatic nitrogens is 3. The van der Waals surface area contributed by atoms with Crippen molar-refractivity contribution in [2.24, 2.45) is 0 Å². The molecule has 5 heteroatoms. The first kappa shape index (κ1) is 9.11. The molecular weight excluding hydrogens is 182 g/mol. The maximum absolute atomic E-state index is 9.30. The van der Waals surface area contributed by atoms with Crippen molar-refractivity contribution in [1.29, 1.82) is 0 Å². The van der Waals surface area contributed by atoms with E-state index in [1.807, 2.05) is 18.2 Å². The van der Waals surface area contributed by atoms with Gasteiger partial charge < -0.3 is 10.2 Å². The molecule has 0 saturated heterocycles. The van der Waals surface area contributed by atoms with Gasteiger partial charge in [0.2, 0.25) is 0 Å². The number of H-pyrrole nitrogens is 1. The van der Waals surface area contributed by atoms with Gasteiger partial charge in [-0.2, -0.15) is 15.4 Å². The van der Waals surface area contributed by atoms with Gasteiger partial charge in [0.05, 0.1) is 12.7 Å².